The molecule has 1 saturated heterocycles. The molecule has 1 aliphatic rings. The van der Waals surface area contributed by atoms with Gasteiger partial charge in [-0.15, -0.1) is 10.2 Å². The number of halogens is 1. The first-order valence-corrected chi connectivity index (χ1v) is 9.33. The lowest BCUT2D eigenvalue weighted by Crippen LogP contribution is -2.45. The molecule has 0 saturated carbocycles. The summed E-state index contributed by atoms with van der Waals surface area (Å²) in [7, 11) is 1.70. The number of hydrogen-bond acceptors (Lipinski definition) is 6. The molecule has 0 spiro atoms. The van der Waals surface area contributed by atoms with E-state index in [2.05, 4.69) is 40.8 Å². The number of aromatic nitrogens is 2. The molecular weight excluding hydrogens is 352 g/mol. The molecule has 7 heteroatoms. The Labute approximate surface area is 160 Å². The SMILES string of the molecule is COc1ccc(Cl)cc1CN1CCN(Cc2nnc(C(C)(C)C)o2)CC1. The third kappa shape index (κ3) is 4.75. The Hall–Kier alpha value is -1.63. The van der Waals surface area contributed by atoms with E-state index in [1.807, 2.05) is 18.2 Å². The molecule has 1 fully saturated rings. The molecular formula is C19H27ClN4O2. The molecule has 0 bridgehead atoms. The number of nitrogens with zero attached hydrogens (tertiary/aromatic N) is 4. The van der Waals surface area contributed by atoms with Crippen LogP contribution in [-0.4, -0.2) is 53.3 Å². The molecule has 6 nitrogen and oxygen atoms in total. The highest BCUT2D eigenvalue weighted by Gasteiger charge is 2.24. The summed E-state index contributed by atoms with van der Waals surface area (Å²) in [5.41, 5.74) is 1.01. The Kier molecular flexibility index (Phi) is 5.85. The first-order valence-electron chi connectivity index (χ1n) is 8.95. The van der Waals surface area contributed by atoms with Crippen LogP contribution in [0.25, 0.3) is 0 Å². The molecule has 0 amide bonds. The van der Waals surface area contributed by atoms with Crippen molar-refractivity contribution in [1.82, 2.24) is 20.0 Å². The minimum Gasteiger partial charge on any atom is -0.496 e. The largest absolute Gasteiger partial charge is 0.496 e. The second-order valence-electron chi connectivity index (χ2n) is 7.76. The molecule has 1 aliphatic heterocycles. The minimum absolute atomic E-state index is 0.111. The number of piperazine rings is 1. The number of methoxy groups -OCH3 is 1. The van der Waals surface area contributed by atoms with Gasteiger partial charge in [-0.2, -0.15) is 0 Å². The first-order chi connectivity index (χ1) is 12.3. The van der Waals surface area contributed by atoms with Crippen molar-refractivity contribution in [1.29, 1.82) is 0 Å². The van der Waals surface area contributed by atoms with E-state index in [9.17, 15) is 0 Å². The summed E-state index contributed by atoms with van der Waals surface area (Å²) in [6, 6.07) is 5.77. The molecule has 0 aliphatic carbocycles. The Balaban J connectivity index is 1.53. The molecule has 1 aromatic carbocycles. The van der Waals surface area contributed by atoms with E-state index in [0.717, 1.165) is 49.1 Å². The highest BCUT2D eigenvalue weighted by Crippen LogP contribution is 2.25. The van der Waals surface area contributed by atoms with Crippen molar-refractivity contribution in [2.45, 2.75) is 39.3 Å². The predicted octanol–water partition coefficient (Wildman–Crippen LogP) is 3.35. The van der Waals surface area contributed by atoms with Crippen LogP contribution in [0, 0.1) is 0 Å². The first kappa shape index (κ1) is 19.1. The maximum atomic E-state index is 6.13. The molecule has 0 N–H and O–H groups in total. The highest BCUT2D eigenvalue weighted by molar-refractivity contribution is 6.30. The Morgan fingerprint density at radius 1 is 1.08 bits per heavy atom. The summed E-state index contributed by atoms with van der Waals surface area (Å²) >= 11 is 6.13. The van der Waals surface area contributed by atoms with Gasteiger partial charge < -0.3 is 9.15 Å². The predicted molar refractivity (Wildman–Crippen MR) is 102 cm³/mol. The summed E-state index contributed by atoms with van der Waals surface area (Å²) in [5.74, 6) is 2.27. The second-order valence-corrected chi connectivity index (χ2v) is 8.20. The second kappa shape index (κ2) is 7.94. The molecule has 1 aromatic heterocycles. The Morgan fingerprint density at radius 3 is 2.31 bits per heavy atom. The van der Waals surface area contributed by atoms with Crippen LogP contribution >= 0.6 is 11.6 Å². The average Bonchev–Trinajstić information content (AvgIpc) is 3.06. The fourth-order valence-electron chi connectivity index (χ4n) is 3.03. The molecule has 0 unspecified atom stereocenters. The van der Waals surface area contributed by atoms with E-state index in [1.165, 1.54) is 0 Å². The maximum absolute atomic E-state index is 6.13. The minimum atomic E-state index is -0.111. The van der Waals surface area contributed by atoms with E-state index in [0.29, 0.717) is 18.3 Å². The van der Waals surface area contributed by atoms with Crippen LogP contribution in [-0.2, 0) is 18.5 Å². The van der Waals surface area contributed by atoms with Gasteiger partial charge in [0.1, 0.15) is 5.75 Å². The van der Waals surface area contributed by atoms with E-state index < -0.39 is 0 Å². The quantitative estimate of drug-likeness (QED) is 0.795. The van der Waals surface area contributed by atoms with Gasteiger partial charge in [0, 0.05) is 48.7 Å². The third-order valence-electron chi connectivity index (χ3n) is 4.57. The Morgan fingerprint density at radius 2 is 1.73 bits per heavy atom. The molecule has 3 rings (SSSR count). The summed E-state index contributed by atoms with van der Waals surface area (Å²) in [6.07, 6.45) is 0. The van der Waals surface area contributed by atoms with E-state index >= 15 is 0 Å². The topological polar surface area (TPSA) is 54.6 Å². The lowest BCUT2D eigenvalue weighted by Gasteiger charge is -2.34. The van der Waals surface area contributed by atoms with Crippen LogP contribution in [0.5, 0.6) is 5.75 Å². The van der Waals surface area contributed by atoms with Crippen molar-refractivity contribution in [3.63, 3.8) is 0 Å². The van der Waals surface area contributed by atoms with Gasteiger partial charge in [-0.25, -0.2) is 0 Å². The van der Waals surface area contributed by atoms with Crippen LogP contribution in [0.1, 0.15) is 38.1 Å². The van der Waals surface area contributed by atoms with Crippen LogP contribution < -0.4 is 4.74 Å². The lowest BCUT2D eigenvalue weighted by molar-refractivity contribution is 0.113. The van der Waals surface area contributed by atoms with Gasteiger partial charge in [-0.1, -0.05) is 32.4 Å². The van der Waals surface area contributed by atoms with Crippen molar-refractivity contribution in [2.24, 2.45) is 0 Å². The summed E-state index contributed by atoms with van der Waals surface area (Å²) < 4.78 is 11.3. The van der Waals surface area contributed by atoms with Gasteiger partial charge in [0.25, 0.3) is 0 Å². The van der Waals surface area contributed by atoms with Crippen molar-refractivity contribution >= 4 is 11.6 Å². The van der Waals surface area contributed by atoms with Crippen molar-refractivity contribution in [3.05, 3.63) is 40.6 Å². The van der Waals surface area contributed by atoms with Crippen LogP contribution in [0.4, 0.5) is 0 Å². The maximum Gasteiger partial charge on any atom is 0.230 e. The summed E-state index contributed by atoms with van der Waals surface area (Å²) in [5, 5.41) is 9.10. The molecule has 0 radical (unpaired) electrons. The van der Waals surface area contributed by atoms with Crippen molar-refractivity contribution < 1.29 is 9.15 Å². The van der Waals surface area contributed by atoms with Crippen molar-refractivity contribution in [3.8, 4) is 5.75 Å². The zero-order chi connectivity index (χ0) is 18.7. The highest BCUT2D eigenvalue weighted by atomic mass is 35.5. The van der Waals surface area contributed by atoms with Gasteiger partial charge in [-0.05, 0) is 18.2 Å². The Bertz CT molecular complexity index is 733. The zero-order valence-corrected chi connectivity index (χ0v) is 16.7. The lowest BCUT2D eigenvalue weighted by atomic mass is 9.97. The monoisotopic (exact) mass is 378 g/mol. The number of ether oxygens (including phenoxy) is 1. The van der Waals surface area contributed by atoms with Gasteiger partial charge in [-0.3, -0.25) is 9.80 Å². The van der Waals surface area contributed by atoms with E-state index in [4.69, 9.17) is 20.8 Å². The van der Waals surface area contributed by atoms with Gasteiger partial charge in [0.2, 0.25) is 11.8 Å². The van der Waals surface area contributed by atoms with Gasteiger partial charge in [0.15, 0.2) is 0 Å². The van der Waals surface area contributed by atoms with E-state index in [-0.39, 0.29) is 5.41 Å². The average molecular weight is 379 g/mol. The molecule has 142 valence electrons. The molecule has 0 atom stereocenters. The zero-order valence-electron chi connectivity index (χ0n) is 16.0. The van der Waals surface area contributed by atoms with Crippen LogP contribution in [0.15, 0.2) is 22.6 Å². The van der Waals surface area contributed by atoms with Gasteiger partial charge in [0.05, 0.1) is 13.7 Å². The standard InChI is InChI=1S/C19H27ClN4O2/c1-19(2,3)18-22-21-17(26-18)13-24-9-7-23(8-10-24)12-14-11-15(20)5-6-16(14)25-4/h5-6,11H,7-10,12-13H2,1-4H3. The number of hydrogen-bond donors (Lipinski definition) is 0. The van der Waals surface area contributed by atoms with Gasteiger partial charge >= 0.3 is 0 Å². The number of benzene rings is 1. The van der Waals surface area contributed by atoms with Crippen LogP contribution in [0.3, 0.4) is 0 Å². The molecule has 2 heterocycles. The third-order valence-corrected chi connectivity index (χ3v) is 4.80. The van der Waals surface area contributed by atoms with Crippen LogP contribution in [0.2, 0.25) is 5.02 Å². The molecule has 26 heavy (non-hydrogen) atoms. The summed E-state index contributed by atoms with van der Waals surface area (Å²) in [4.78, 5) is 4.77. The fourth-order valence-corrected chi connectivity index (χ4v) is 3.22. The summed E-state index contributed by atoms with van der Waals surface area (Å²) in [6.45, 7) is 11.7. The fraction of sp³-hybridized carbons (Fsp3) is 0.579. The normalized spacial score (nSPS) is 16.8. The smallest absolute Gasteiger partial charge is 0.230 e. The van der Waals surface area contributed by atoms with E-state index in [1.54, 1.807) is 7.11 Å². The molecule has 2 aromatic rings. The van der Waals surface area contributed by atoms with Crippen molar-refractivity contribution in [2.75, 3.05) is 33.3 Å². The number of rotatable bonds is 5.